The molecule has 1 saturated heterocycles. The lowest BCUT2D eigenvalue weighted by molar-refractivity contribution is 0.0523. The Morgan fingerprint density at radius 3 is 2.94 bits per heavy atom. The van der Waals surface area contributed by atoms with Crippen LogP contribution in [0.15, 0.2) is 24.3 Å². The van der Waals surface area contributed by atoms with Gasteiger partial charge in [0.15, 0.2) is 0 Å². The fourth-order valence-corrected chi connectivity index (χ4v) is 2.37. The largest absolute Gasteiger partial charge is 0.497 e. The molecule has 0 spiro atoms. The van der Waals surface area contributed by atoms with Gasteiger partial charge < -0.3 is 14.7 Å². The summed E-state index contributed by atoms with van der Waals surface area (Å²) < 4.78 is 5.18. The molecular weight excluding hydrogens is 202 g/mol. The number of aliphatic hydroxyl groups is 1. The van der Waals surface area contributed by atoms with E-state index in [0.29, 0.717) is 6.42 Å². The van der Waals surface area contributed by atoms with Crippen molar-refractivity contribution < 1.29 is 9.84 Å². The van der Waals surface area contributed by atoms with Gasteiger partial charge in [0.1, 0.15) is 5.75 Å². The van der Waals surface area contributed by atoms with Crippen LogP contribution in [0, 0.1) is 0 Å². The van der Waals surface area contributed by atoms with Crippen LogP contribution in [-0.2, 0) is 6.42 Å². The monoisotopic (exact) mass is 221 g/mol. The fraction of sp³-hybridized carbons (Fsp3) is 0.538. The molecule has 1 aromatic rings. The molecule has 1 N–H and O–H groups in total. The summed E-state index contributed by atoms with van der Waals surface area (Å²) in [6, 6.07) is 7.93. The predicted octanol–water partition coefficient (Wildman–Crippen LogP) is 1.30. The third-order valence-corrected chi connectivity index (χ3v) is 3.19. The molecule has 1 heterocycles. The van der Waals surface area contributed by atoms with Crippen LogP contribution >= 0.6 is 0 Å². The summed E-state index contributed by atoms with van der Waals surface area (Å²) in [7, 11) is 3.71. The number of hydrogen-bond acceptors (Lipinski definition) is 3. The van der Waals surface area contributed by atoms with Gasteiger partial charge in [-0.3, -0.25) is 0 Å². The highest BCUT2D eigenvalue weighted by Crippen LogP contribution is 2.25. The first-order chi connectivity index (χ1) is 7.61. The van der Waals surface area contributed by atoms with Gasteiger partial charge in [-0.25, -0.2) is 0 Å². The van der Waals surface area contributed by atoms with Gasteiger partial charge in [-0.2, -0.15) is 0 Å². The van der Waals surface area contributed by atoms with Gasteiger partial charge in [-0.15, -0.1) is 0 Å². The number of likely N-dealkylation sites (tertiary alicyclic amines) is 1. The molecular formula is C13H19NO2. The van der Waals surface area contributed by atoms with Gasteiger partial charge >= 0.3 is 0 Å². The van der Waals surface area contributed by atoms with Gasteiger partial charge in [0.2, 0.25) is 0 Å². The predicted molar refractivity (Wildman–Crippen MR) is 63.8 cm³/mol. The highest BCUT2D eigenvalue weighted by molar-refractivity contribution is 5.29. The van der Waals surface area contributed by atoms with Gasteiger partial charge in [-0.1, -0.05) is 12.1 Å². The number of rotatable bonds is 3. The first kappa shape index (κ1) is 11.4. The van der Waals surface area contributed by atoms with Crippen molar-refractivity contribution in [1.82, 2.24) is 4.90 Å². The lowest BCUT2D eigenvalue weighted by atomic mass is 9.94. The number of hydrogen-bond donors (Lipinski definition) is 1. The van der Waals surface area contributed by atoms with Crippen LogP contribution in [0.4, 0.5) is 0 Å². The van der Waals surface area contributed by atoms with Crippen molar-refractivity contribution in [2.45, 2.75) is 18.4 Å². The van der Waals surface area contributed by atoms with Crippen LogP contribution < -0.4 is 4.74 Å². The van der Waals surface area contributed by atoms with Crippen molar-refractivity contribution in [3.05, 3.63) is 29.8 Å². The molecule has 0 aliphatic carbocycles. The first-order valence-corrected chi connectivity index (χ1v) is 5.65. The number of ether oxygens (including phenoxy) is 1. The Bertz CT molecular complexity index is 367. The van der Waals surface area contributed by atoms with Crippen molar-refractivity contribution in [2.75, 3.05) is 27.2 Å². The number of methoxy groups -OCH3 is 1. The zero-order valence-electron chi connectivity index (χ0n) is 9.94. The molecule has 88 valence electrons. The molecule has 1 unspecified atom stereocenters. The second kappa shape index (κ2) is 4.44. The zero-order valence-corrected chi connectivity index (χ0v) is 9.94. The molecule has 1 atom stereocenters. The SMILES string of the molecule is COc1cccc(CC2(O)CCN(C)C2)c1. The molecule has 0 aromatic heterocycles. The average molecular weight is 221 g/mol. The Morgan fingerprint density at radius 2 is 2.31 bits per heavy atom. The molecule has 0 amide bonds. The molecule has 1 aliphatic rings. The van der Waals surface area contributed by atoms with Gasteiger partial charge in [0.05, 0.1) is 12.7 Å². The third kappa shape index (κ3) is 2.54. The third-order valence-electron chi connectivity index (χ3n) is 3.19. The molecule has 3 nitrogen and oxygen atoms in total. The Morgan fingerprint density at radius 1 is 1.50 bits per heavy atom. The van der Waals surface area contributed by atoms with Crippen molar-refractivity contribution in [2.24, 2.45) is 0 Å². The van der Waals surface area contributed by atoms with Crippen LogP contribution in [-0.4, -0.2) is 42.9 Å². The lowest BCUT2D eigenvalue weighted by Crippen LogP contribution is -2.34. The van der Waals surface area contributed by atoms with E-state index in [9.17, 15) is 5.11 Å². The Hall–Kier alpha value is -1.06. The van der Waals surface area contributed by atoms with Crippen LogP contribution in [0.25, 0.3) is 0 Å². The Kier molecular flexibility index (Phi) is 3.17. The smallest absolute Gasteiger partial charge is 0.119 e. The molecule has 1 aromatic carbocycles. The lowest BCUT2D eigenvalue weighted by Gasteiger charge is -2.22. The normalized spacial score (nSPS) is 25.9. The highest BCUT2D eigenvalue weighted by atomic mass is 16.5. The number of nitrogens with zero attached hydrogens (tertiary/aromatic N) is 1. The van der Waals surface area contributed by atoms with E-state index >= 15 is 0 Å². The molecule has 0 radical (unpaired) electrons. The number of β-amino-alcohol motifs (C(OH)–C–C–N with tert-alkyl or cyclic N) is 1. The average Bonchev–Trinajstić information content (AvgIpc) is 2.58. The van der Waals surface area contributed by atoms with E-state index in [0.717, 1.165) is 30.8 Å². The quantitative estimate of drug-likeness (QED) is 0.835. The van der Waals surface area contributed by atoms with Crippen molar-refractivity contribution in [1.29, 1.82) is 0 Å². The van der Waals surface area contributed by atoms with E-state index in [2.05, 4.69) is 4.90 Å². The molecule has 0 bridgehead atoms. The Labute approximate surface area is 96.6 Å². The highest BCUT2D eigenvalue weighted by Gasteiger charge is 2.34. The van der Waals surface area contributed by atoms with E-state index in [1.165, 1.54) is 0 Å². The zero-order chi connectivity index (χ0) is 11.6. The van der Waals surface area contributed by atoms with Crippen molar-refractivity contribution >= 4 is 0 Å². The first-order valence-electron chi connectivity index (χ1n) is 5.65. The van der Waals surface area contributed by atoms with Crippen LogP contribution in [0.1, 0.15) is 12.0 Å². The van der Waals surface area contributed by atoms with Crippen molar-refractivity contribution in [3.63, 3.8) is 0 Å². The molecule has 1 aliphatic heterocycles. The van der Waals surface area contributed by atoms with Crippen LogP contribution in [0.3, 0.4) is 0 Å². The van der Waals surface area contributed by atoms with E-state index in [1.807, 2.05) is 31.3 Å². The second-order valence-electron chi connectivity index (χ2n) is 4.74. The molecule has 1 fully saturated rings. The van der Waals surface area contributed by atoms with Crippen molar-refractivity contribution in [3.8, 4) is 5.75 Å². The van der Waals surface area contributed by atoms with Gasteiger partial charge in [0, 0.05) is 19.5 Å². The Balaban J connectivity index is 2.08. The van der Waals surface area contributed by atoms with E-state index < -0.39 is 5.60 Å². The van der Waals surface area contributed by atoms with Gasteiger partial charge in [0.25, 0.3) is 0 Å². The summed E-state index contributed by atoms with van der Waals surface area (Å²) in [4.78, 5) is 2.17. The maximum Gasteiger partial charge on any atom is 0.119 e. The van der Waals surface area contributed by atoms with Gasteiger partial charge in [-0.05, 0) is 31.2 Å². The number of likely N-dealkylation sites (N-methyl/N-ethyl adjacent to an activating group) is 1. The maximum absolute atomic E-state index is 10.4. The van der Waals surface area contributed by atoms with Crippen LogP contribution in [0.5, 0.6) is 5.75 Å². The summed E-state index contributed by atoms with van der Waals surface area (Å²) in [5.41, 5.74) is 0.568. The summed E-state index contributed by atoms with van der Waals surface area (Å²) in [6.07, 6.45) is 1.55. The standard InChI is InChI=1S/C13H19NO2/c1-14-7-6-13(15,10-14)9-11-4-3-5-12(8-11)16-2/h3-5,8,15H,6-7,9-10H2,1-2H3. The minimum Gasteiger partial charge on any atom is -0.497 e. The molecule has 2 rings (SSSR count). The van der Waals surface area contributed by atoms with E-state index in [1.54, 1.807) is 7.11 Å². The molecule has 16 heavy (non-hydrogen) atoms. The summed E-state index contributed by atoms with van der Waals surface area (Å²) >= 11 is 0. The molecule has 0 saturated carbocycles. The minimum absolute atomic E-state index is 0.568. The van der Waals surface area contributed by atoms with E-state index in [-0.39, 0.29) is 0 Å². The topological polar surface area (TPSA) is 32.7 Å². The molecule has 3 heteroatoms. The fourth-order valence-electron chi connectivity index (χ4n) is 2.37. The summed E-state index contributed by atoms with van der Waals surface area (Å²) in [5, 5.41) is 10.4. The minimum atomic E-state index is -0.568. The maximum atomic E-state index is 10.4. The van der Waals surface area contributed by atoms with E-state index in [4.69, 9.17) is 4.74 Å². The number of benzene rings is 1. The summed E-state index contributed by atoms with van der Waals surface area (Å²) in [5.74, 6) is 0.854. The second-order valence-corrected chi connectivity index (χ2v) is 4.74. The van der Waals surface area contributed by atoms with Crippen LogP contribution in [0.2, 0.25) is 0 Å². The summed E-state index contributed by atoms with van der Waals surface area (Å²) in [6.45, 7) is 1.73.